The number of carbonyl (C=O) groups excluding carboxylic acids is 2. The topological polar surface area (TPSA) is 46.6 Å². The second kappa shape index (κ2) is 7.53. The molecule has 0 radical (unpaired) electrons. The molecule has 0 aromatic heterocycles. The lowest BCUT2D eigenvalue weighted by Gasteiger charge is -2.13. The number of nitrogens with zero attached hydrogens (tertiary/aromatic N) is 1. The molecule has 0 saturated carbocycles. The molecule has 1 heterocycles. The van der Waals surface area contributed by atoms with Gasteiger partial charge in [-0.25, -0.2) is 4.39 Å². The normalized spacial score (nSPS) is 15.9. The van der Waals surface area contributed by atoms with Gasteiger partial charge >= 0.3 is 0 Å². The maximum absolute atomic E-state index is 12.9. The molecule has 0 aliphatic carbocycles. The maximum Gasteiger partial charge on any atom is 0.293 e. The van der Waals surface area contributed by atoms with Crippen molar-refractivity contribution in [3.63, 3.8) is 0 Å². The van der Waals surface area contributed by atoms with Crippen molar-refractivity contribution in [3.8, 4) is 5.75 Å². The largest absolute Gasteiger partial charge is 0.492 e. The van der Waals surface area contributed by atoms with E-state index in [0.29, 0.717) is 16.2 Å². The Morgan fingerprint density at radius 1 is 1.08 bits per heavy atom. The Labute approximate surface area is 149 Å². The van der Waals surface area contributed by atoms with Crippen molar-refractivity contribution in [2.45, 2.75) is 6.92 Å². The molecule has 1 aliphatic heterocycles. The SMILES string of the molecule is Cc1ccc(OCCN2C(=O)S/C(=C\c3ccc(F)cc3)C2=O)cc1. The summed E-state index contributed by atoms with van der Waals surface area (Å²) in [6.45, 7) is 2.39. The van der Waals surface area contributed by atoms with E-state index in [1.165, 1.54) is 12.1 Å². The number of rotatable bonds is 5. The highest BCUT2D eigenvalue weighted by Crippen LogP contribution is 2.32. The van der Waals surface area contributed by atoms with Gasteiger partial charge in [0.15, 0.2) is 0 Å². The highest BCUT2D eigenvalue weighted by atomic mass is 32.2. The van der Waals surface area contributed by atoms with Gasteiger partial charge in [0, 0.05) is 0 Å². The van der Waals surface area contributed by atoms with Gasteiger partial charge in [-0.05, 0) is 54.6 Å². The Hall–Kier alpha value is -2.60. The summed E-state index contributed by atoms with van der Waals surface area (Å²) in [7, 11) is 0. The van der Waals surface area contributed by atoms with E-state index < -0.39 is 0 Å². The minimum atomic E-state index is -0.355. The molecule has 2 aromatic rings. The predicted molar refractivity (Wildman–Crippen MR) is 95.8 cm³/mol. The molecule has 4 nitrogen and oxygen atoms in total. The van der Waals surface area contributed by atoms with Crippen LogP contribution in [0.2, 0.25) is 0 Å². The first-order valence-electron chi connectivity index (χ1n) is 7.73. The molecule has 2 amide bonds. The van der Waals surface area contributed by atoms with E-state index >= 15 is 0 Å². The van der Waals surface area contributed by atoms with Crippen molar-refractivity contribution in [2.24, 2.45) is 0 Å². The van der Waals surface area contributed by atoms with Crippen molar-refractivity contribution in [2.75, 3.05) is 13.2 Å². The fraction of sp³-hybridized carbons (Fsp3) is 0.158. The number of benzene rings is 2. The third-order valence-corrected chi connectivity index (χ3v) is 4.55. The second-order valence-corrected chi connectivity index (χ2v) is 6.54. The maximum atomic E-state index is 12.9. The van der Waals surface area contributed by atoms with Crippen LogP contribution in [0.3, 0.4) is 0 Å². The number of hydrogen-bond acceptors (Lipinski definition) is 4. The van der Waals surface area contributed by atoms with E-state index in [0.717, 1.165) is 22.2 Å². The van der Waals surface area contributed by atoms with Crippen molar-refractivity contribution >= 4 is 29.0 Å². The van der Waals surface area contributed by atoms with Crippen molar-refractivity contribution in [1.82, 2.24) is 4.90 Å². The van der Waals surface area contributed by atoms with Gasteiger partial charge in [0.1, 0.15) is 18.2 Å². The summed E-state index contributed by atoms with van der Waals surface area (Å²) in [5.74, 6) is -0.00948. The van der Waals surface area contributed by atoms with Crippen LogP contribution in [0, 0.1) is 12.7 Å². The minimum absolute atomic E-state index is 0.180. The predicted octanol–water partition coefficient (Wildman–Crippen LogP) is 4.25. The van der Waals surface area contributed by atoms with Gasteiger partial charge in [-0.3, -0.25) is 14.5 Å². The molecule has 1 fully saturated rings. The molecule has 2 aromatic carbocycles. The molecule has 0 unspecified atom stereocenters. The summed E-state index contributed by atoms with van der Waals surface area (Å²) in [4.78, 5) is 25.9. The molecular weight excluding hydrogens is 341 g/mol. The molecule has 0 N–H and O–H groups in total. The summed E-state index contributed by atoms with van der Waals surface area (Å²) in [5.41, 5.74) is 1.80. The number of thioether (sulfide) groups is 1. The summed E-state index contributed by atoms with van der Waals surface area (Å²) in [5, 5.41) is -0.328. The molecule has 1 aliphatic rings. The Balaban J connectivity index is 1.61. The zero-order valence-electron chi connectivity index (χ0n) is 13.6. The third kappa shape index (κ3) is 4.28. The van der Waals surface area contributed by atoms with E-state index in [-0.39, 0.29) is 30.1 Å². The van der Waals surface area contributed by atoms with Gasteiger partial charge in [0.05, 0.1) is 11.4 Å². The van der Waals surface area contributed by atoms with Crippen LogP contribution in [0.1, 0.15) is 11.1 Å². The first kappa shape index (κ1) is 17.2. The average Bonchev–Trinajstić information content (AvgIpc) is 2.86. The lowest BCUT2D eigenvalue weighted by atomic mass is 10.2. The molecule has 25 heavy (non-hydrogen) atoms. The van der Waals surface area contributed by atoms with Crippen LogP contribution < -0.4 is 4.74 Å². The first-order chi connectivity index (χ1) is 12.0. The summed E-state index contributed by atoms with van der Waals surface area (Å²) >= 11 is 0.878. The van der Waals surface area contributed by atoms with Crippen LogP contribution in [0.4, 0.5) is 9.18 Å². The van der Waals surface area contributed by atoms with Crippen LogP contribution in [0.25, 0.3) is 6.08 Å². The fourth-order valence-corrected chi connectivity index (χ4v) is 3.16. The standard InChI is InChI=1S/C19H16FNO3S/c1-13-2-8-16(9-3-13)24-11-10-21-18(22)17(25-19(21)23)12-14-4-6-15(20)7-5-14/h2-9,12H,10-11H2,1H3/b17-12-. The number of amides is 2. The summed E-state index contributed by atoms with van der Waals surface area (Å²) in [6, 6.07) is 13.3. The highest BCUT2D eigenvalue weighted by molar-refractivity contribution is 8.18. The Bertz CT molecular complexity index is 816. The molecular formula is C19H16FNO3S. The Morgan fingerprint density at radius 3 is 2.44 bits per heavy atom. The van der Waals surface area contributed by atoms with E-state index in [4.69, 9.17) is 4.74 Å². The molecule has 0 bridgehead atoms. The quantitative estimate of drug-likeness (QED) is 0.751. The van der Waals surface area contributed by atoms with Gasteiger partial charge < -0.3 is 4.74 Å². The van der Waals surface area contributed by atoms with E-state index in [2.05, 4.69) is 0 Å². The van der Waals surface area contributed by atoms with Gasteiger partial charge in [-0.2, -0.15) is 0 Å². The van der Waals surface area contributed by atoms with Gasteiger partial charge in [0.25, 0.3) is 11.1 Å². The number of carbonyl (C=O) groups is 2. The number of halogens is 1. The van der Waals surface area contributed by atoms with Crippen molar-refractivity contribution in [1.29, 1.82) is 0 Å². The van der Waals surface area contributed by atoms with Crippen LogP contribution >= 0.6 is 11.8 Å². The van der Waals surface area contributed by atoms with E-state index in [1.807, 2.05) is 31.2 Å². The molecule has 0 spiro atoms. The first-order valence-corrected chi connectivity index (χ1v) is 8.55. The summed E-state index contributed by atoms with van der Waals surface area (Å²) < 4.78 is 18.5. The Kier molecular flexibility index (Phi) is 5.19. The monoisotopic (exact) mass is 357 g/mol. The number of aryl methyl sites for hydroxylation is 1. The number of hydrogen-bond donors (Lipinski definition) is 0. The fourth-order valence-electron chi connectivity index (χ4n) is 2.29. The molecule has 128 valence electrons. The van der Waals surface area contributed by atoms with Gasteiger partial charge in [-0.15, -0.1) is 0 Å². The van der Waals surface area contributed by atoms with E-state index in [1.54, 1.807) is 18.2 Å². The lowest BCUT2D eigenvalue weighted by molar-refractivity contribution is -0.123. The molecule has 6 heteroatoms. The lowest BCUT2D eigenvalue weighted by Crippen LogP contribution is -2.32. The van der Waals surface area contributed by atoms with Crippen LogP contribution in [0.5, 0.6) is 5.75 Å². The smallest absolute Gasteiger partial charge is 0.293 e. The number of imide groups is 1. The van der Waals surface area contributed by atoms with Crippen molar-refractivity contribution < 1.29 is 18.7 Å². The Morgan fingerprint density at radius 2 is 1.76 bits per heavy atom. The van der Waals surface area contributed by atoms with Crippen LogP contribution in [-0.4, -0.2) is 29.2 Å². The molecule has 1 saturated heterocycles. The zero-order valence-corrected chi connectivity index (χ0v) is 14.4. The summed E-state index contributed by atoms with van der Waals surface area (Å²) in [6.07, 6.45) is 1.59. The van der Waals surface area contributed by atoms with Crippen LogP contribution in [0.15, 0.2) is 53.4 Å². The van der Waals surface area contributed by atoms with Crippen molar-refractivity contribution in [3.05, 3.63) is 70.4 Å². The van der Waals surface area contributed by atoms with Gasteiger partial charge in [-0.1, -0.05) is 29.8 Å². The minimum Gasteiger partial charge on any atom is -0.492 e. The molecule has 3 rings (SSSR count). The zero-order chi connectivity index (χ0) is 17.8. The average molecular weight is 357 g/mol. The van der Waals surface area contributed by atoms with Crippen LogP contribution in [-0.2, 0) is 4.79 Å². The highest BCUT2D eigenvalue weighted by Gasteiger charge is 2.34. The van der Waals surface area contributed by atoms with Gasteiger partial charge in [0.2, 0.25) is 0 Å². The second-order valence-electron chi connectivity index (χ2n) is 5.55. The molecule has 0 atom stereocenters. The third-order valence-electron chi connectivity index (χ3n) is 3.65. The number of ether oxygens (including phenoxy) is 1. The van der Waals surface area contributed by atoms with E-state index in [9.17, 15) is 14.0 Å².